The van der Waals surface area contributed by atoms with Gasteiger partial charge in [0, 0.05) is 20.2 Å². The van der Waals surface area contributed by atoms with Gasteiger partial charge in [0.05, 0.1) is 11.3 Å². The lowest BCUT2D eigenvalue weighted by molar-refractivity contribution is 0.178. The van der Waals surface area contributed by atoms with Gasteiger partial charge in [0.25, 0.3) is 0 Å². The van der Waals surface area contributed by atoms with Gasteiger partial charge in [0.15, 0.2) is 5.82 Å². The number of para-hydroxylation sites is 1. The normalized spacial score (nSPS) is 9.85. The molecule has 0 aliphatic heterocycles. The van der Waals surface area contributed by atoms with E-state index in [9.17, 15) is 0 Å². The van der Waals surface area contributed by atoms with Crippen molar-refractivity contribution in [3.8, 4) is 6.07 Å². The van der Waals surface area contributed by atoms with Crippen LogP contribution in [0, 0.1) is 11.3 Å². The number of hydrogen-bond acceptors (Lipinski definition) is 6. The van der Waals surface area contributed by atoms with Crippen molar-refractivity contribution in [2.45, 2.75) is 6.61 Å². The predicted molar refractivity (Wildman–Crippen MR) is 76.7 cm³/mol. The van der Waals surface area contributed by atoms with Crippen LogP contribution in [0.4, 0.5) is 17.3 Å². The van der Waals surface area contributed by atoms with Crippen molar-refractivity contribution >= 4 is 17.3 Å². The second-order valence-corrected chi connectivity index (χ2v) is 4.02. The van der Waals surface area contributed by atoms with Gasteiger partial charge in [-0.25, -0.2) is 9.97 Å². The van der Waals surface area contributed by atoms with Crippen LogP contribution in [-0.2, 0) is 11.3 Å². The zero-order chi connectivity index (χ0) is 14.4. The van der Waals surface area contributed by atoms with Crippen molar-refractivity contribution in [1.82, 2.24) is 9.97 Å². The largest absolute Gasteiger partial charge is 0.377 e. The number of methoxy groups -OCH3 is 1. The van der Waals surface area contributed by atoms with Gasteiger partial charge in [-0.3, -0.25) is 0 Å². The molecule has 20 heavy (non-hydrogen) atoms. The van der Waals surface area contributed by atoms with Crippen LogP contribution >= 0.6 is 0 Å². The van der Waals surface area contributed by atoms with Crippen LogP contribution < -0.4 is 10.6 Å². The molecule has 0 aliphatic rings. The smallest absolute Gasteiger partial charge is 0.158 e. The van der Waals surface area contributed by atoms with Crippen LogP contribution in [0.2, 0.25) is 0 Å². The molecule has 6 heteroatoms. The molecule has 0 amide bonds. The molecule has 1 heterocycles. The molecule has 0 radical (unpaired) electrons. The Morgan fingerprint density at radius 2 is 2.00 bits per heavy atom. The SMILES string of the molecule is CNc1cc(Nc2ccccc2C#N)nc(COC)n1. The summed E-state index contributed by atoms with van der Waals surface area (Å²) in [5.74, 6) is 1.86. The Balaban J connectivity index is 2.33. The summed E-state index contributed by atoms with van der Waals surface area (Å²) >= 11 is 0. The minimum atomic E-state index is 0.324. The Morgan fingerprint density at radius 1 is 1.25 bits per heavy atom. The van der Waals surface area contributed by atoms with Gasteiger partial charge in [-0.1, -0.05) is 12.1 Å². The molecular weight excluding hydrogens is 254 g/mol. The van der Waals surface area contributed by atoms with Crippen molar-refractivity contribution in [3.05, 3.63) is 41.7 Å². The maximum Gasteiger partial charge on any atom is 0.158 e. The quantitative estimate of drug-likeness (QED) is 0.866. The second kappa shape index (κ2) is 6.50. The van der Waals surface area contributed by atoms with E-state index in [4.69, 9.17) is 10.00 Å². The Kier molecular flexibility index (Phi) is 4.47. The lowest BCUT2D eigenvalue weighted by Gasteiger charge is -2.10. The maximum absolute atomic E-state index is 9.08. The summed E-state index contributed by atoms with van der Waals surface area (Å²) in [7, 11) is 3.37. The fraction of sp³-hybridized carbons (Fsp3) is 0.214. The van der Waals surface area contributed by atoms with E-state index in [1.807, 2.05) is 18.2 Å². The monoisotopic (exact) mass is 269 g/mol. The Labute approximate surface area is 117 Å². The Morgan fingerprint density at radius 3 is 2.70 bits per heavy atom. The van der Waals surface area contributed by atoms with Gasteiger partial charge in [0.1, 0.15) is 24.3 Å². The number of aromatic nitrogens is 2. The summed E-state index contributed by atoms with van der Waals surface area (Å²) in [6.45, 7) is 0.324. The highest BCUT2D eigenvalue weighted by molar-refractivity contribution is 5.65. The fourth-order valence-electron chi connectivity index (χ4n) is 1.71. The number of nitrogens with zero attached hydrogens (tertiary/aromatic N) is 3. The molecule has 2 rings (SSSR count). The Bertz CT molecular complexity index is 636. The third-order valence-electron chi connectivity index (χ3n) is 2.61. The first-order valence-electron chi connectivity index (χ1n) is 6.07. The van der Waals surface area contributed by atoms with Crippen molar-refractivity contribution in [2.75, 3.05) is 24.8 Å². The van der Waals surface area contributed by atoms with E-state index < -0.39 is 0 Å². The molecule has 0 saturated heterocycles. The van der Waals surface area contributed by atoms with Crippen molar-refractivity contribution in [2.24, 2.45) is 0 Å². The molecule has 0 bridgehead atoms. The standard InChI is InChI=1S/C14H15N5O/c1-16-12-7-13(19-14(18-12)9-20-2)17-11-6-4-3-5-10(11)8-15/h3-7H,9H2,1-2H3,(H2,16,17,18,19). The molecule has 2 aromatic rings. The molecule has 102 valence electrons. The molecule has 1 aromatic carbocycles. The number of hydrogen-bond donors (Lipinski definition) is 2. The lowest BCUT2D eigenvalue weighted by atomic mass is 10.2. The third-order valence-corrected chi connectivity index (χ3v) is 2.61. The van der Waals surface area contributed by atoms with Crippen LogP contribution in [0.15, 0.2) is 30.3 Å². The summed E-state index contributed by atoms with van der Waals surface area (Å²) < 4.78 is 5.04. The van der Waals surface area contributed by atoms with E-state index in [2.05, 4.69) is 26.7 Å². The molecule has 6 nitrogen and oxygen atoms in total. The number of rotatable bonds is 5. The average molecular weight is 269 g/mol. The summed E-state index contributed by atoms with van der Waals surface area (Å²) in [5, 5.41) is 15.2. The first-order valence-corrected chi connectivity index (χ1v) is 6.07. The predicted octanol–water partition coefficient (Wildman–Crippen LogP) is 2.28. The first kappa shape index (κ1) is 13.8. The van der Waals surface area contributed by atoms with Crippen LogP contribution in [-0.4, -0.2) is 24.1 Å². The van der Waals surface area contributed by atoms with Crippen molar-refractivity contribution < 1.29 is 4.74 Å². The number of benzene rings is 1. The molecule has 2 N–H and O–H groups in total. The van der Waals surface area contributed by atoms with Crippen LogP contribution in [0.25, 0.3) is 0 Å². The Hall–Kier alpha value is -2.65. The molecular formula is C14H15N5O. The van der Waals surface area contributed by atoms with Crippen molar-refractivity contribution in [1.29, 1.82) is 5.26 Å². The zero-order valence-electron chi connectivity index (χ0n) is 11.3. The fourth-order valence-corrected chi connectivity index (χ4v) is 1.71. The summed E-state index contributed by atoms with van der Waals surface area (Å²) in [5.41, 5.74) is 1.27. The van der Waals surface area contributed by atoms with Crippen LogP contribution in [0.1, 0.15) is 11.4 Å². The number of nitriles is 1. The highest BCUT2D eigenvalue weighted by Crippen LogP contribution is 2.20. The molecule has 0 saturated carbocycles. The summed E-state index contributed by atoms with van der Waals surface area (Å²) in [6, 6.07) is 11.2. The van der Waals surface area contributed by atoms with E-state index in [0.717, 1.165) is 0 Å². The highest BCUT2D eigenvalue weighted by atomic mass is 16.5. The molecule has 0 fully saturated rings. The number of nitrogens with one attached hydrogen (secondary N) is 2. The van der Waals surface area contributed by atoms with E-state index >= 15 is 0 Å². The van der Waals surface area contributed by atoms with E-state index in [1.165, 1.54) is 0 Å². The third kappa shape index (κ3) is 3.22. The first-order chi connectivity index (χ1) is 9.76. The van der Waals surface area contributed by atoms with Crippen molar-refractivity contribution in [3.63, 3.8) is 0 Å². The number of anilines is 3. The number of ether oxygens (including phenoxy) is 1. The van der Waals surface area contributed by atoms with Gasteiger partial charge in [-0.15, -0.1) is 0 Å². The summed E-state index contributed by atoms with van der Waals surface area (Å²) in [4.78, 5) is 8.62. The minimum absolute atomic E-state index is 0.324. The van der Waals surface area contributed by atoms with Gasteiger partial charge >= 0.3 is 0 Å². The van der Waals surface area contributed by atoms with Crippen LogP contribution in [0.3, 0.4) is 0 Å². The molecule has 0 atom stereocenters. The average Bonchev–Trinajstić information content (AvgIpc) is 2.48. The van der Waals surface area contributed by atoms with E-state index in [0.29, 0.717) is 35.3 Å². The molecule has 0 aliphatic carbocycles. The lowest BCUT2D eigenvalue weighted by Crippen LogP contribution is -2.05. The van der Waals surface area contributed by atoms with Gasteiger partial charge < -0.3 is 15.4 Å². The highest BCUT2D eigenvalue weighted by Gasteiger charge is 2.06. The molecule has 0 unspecified atom stereocenters. The molecule has 1 aromatic heterocycles. The minimum Gasteiger partial charge on any atom is -0.377 e. The zero-order valence-corrected chi connectivity index (χ0v) is 11.3. The summed E-state index contributed by atoms with van der Waals surface area (Å²) in [6.07, 6.45) is 0. The topological polar surface area (TPSA) is 82.9 Å². The van der Waals surface area contributed by atoms with E-state index in [1.54, 1.807) is 26.3 Å². The maximum atomic E-state index is 9.08. The van der Waals surface area contributed by atoms with Gasteiger partial charge in [-0.05, 0) is 12.1 Å². The van der Waals surface area contributed by atoms with Gasteiger partial charge in [0.2, 0.25) is 0 Å². The van der Waals surface area contributed by atoms with Crippen LogP contribution in [0.5, 0.6) is 0 Å². The molecule has 0 spiro atoms. The second-order valence-electron chi connectivity index (χ2n) is 4.02. The van der Waals surface area contributed by atoms with E-state index in [-0.39, 0.29) is 0 Å². The van der Waals surface area contributed by atoms with Gasteiger partial charge in [-0.2, -0.15) is 5.26 Å².